The van der Waals surface area contributed by atoms with Gasteiger partial charge in [-0.05, 0) is 18.1 Å². The minimum atomic E-state index is -0.263. The van der Waals surface area contributed by atoms with Crippen molar-refractivity contribution in [2.75, 3.05) is 5.32 Å². The highest BCUT2D eigenvalue weighted by Gasteiger charge is 2.07. The Labute approximate surface area is 139 Å². The summed E-state index contributed by atoms with van der Waals surface area (Å²) in [6, 6.07) is 16.4. The average molecular weight is 323 g/mol. The second-order valence-corrected chi connectivity index (χ2v) is 5.55. The largest absolute Gasteiger partial charge is 0.323 e. The van der Waals surface area contributed by atoms with Crippen molar-refractivity contribution in [3.05, 3.63) is 83.9 Å². The summed E-state index contributed by atoms with van der Waals surface area (Å²) in [5.74, 6) is -0.328. The number of carbonyl (C=O) groups excluding carboxylic acids is 1. The summed E-state index contributed by atoms with van der Waals surface area (Å²) < 4.78 is 15.2. The Morgan fingerprint density at radius 2 is 1.83 bits per heavy atom. The summed E-state index contributed by atoms with van der Waals surface area (Å²) >= 11 is 0. The first-order chi connectivity index (χ1) is 11.7. The predicted molar refractivity (Wildman–Crippen MR) is 91.1 cm³/mol. The van der Waals surface area contributed by atoms with Crippen molar-refractivity contribution in [3.8, 4) is 0 Å². The zero-order chi connectivity index (χ0) is 16.8. The molecule has 0 saturated heterocycles. The molecular weight excluding hydrogens is 305 g/mol. The smallest absolute Gasteiger partial charge is 0.224 e. The molecule has 0 unspecified atom stereocenters. The standard InChI is InChI=1S/C19H18FN3O/c20-18-9-5-4-8-16(18)13-23-14-17(12-21-23)22-19(24)11-10-15-6-2-1-3-7-15/h1-9,12,14H,10-11,13H2,(H,22,24). The first-order valence-electron chi connectivity index (χ1n) is 7.80. The van der Waals surface area contributed by atoms with Crippen molar-refractivity contribution in [2.45, 2.75) is 19.4 Å². The van der Waals surface area contributed by atoms with Crippen LogP contribution >= 0.6 is 0 Å². The van der Waals surface area contributed by atoms with Crippen LogP contribution in [0.3, 0.4) is 0 Å². The Morgan fingerprint density at radius 1 is 1.08 bits per heavy atom. The lowest BCUT2D eigenvalue weighted by molar-refractivity contribution is -0.116. The molecule has 1 aromatic heterocycles. The van der Waals surface area contributed by atoms with E-state index in [0.29, 0.717) is 30.6 Å². The summed E-state index contributed by atoms with van der Waals surface area (Å²) in [6.07, 6.45) is 4.37. The number of amides is 1. The third-order valence-electron chi connectivity index (χ3n) is 3.69. The van der Waals surface area contributed by atoms with Crippen LogP contribution in [0.1, 0.15) is 17.5 Å². The Kier molecular flexibility index (Phi) is 5.01. The van der Waals surface area contributed by atoms with E-state index in [-0.39, 0.29) is 11.7 Å². The van der Waals surface area contributed by atoms with Crippen LogP contribution in [0.25, 0.3) is 0 Å². The van der Waals surface area contributed by atoms with Gasteiger partial charge in [-0.15, -0.1) is 0 Å². The van der Waals surface area contributed by atoms with Crippen LogP contribution in [0, 0.1) is 5.82 Å². The molecular formula is C19H18FN3O. The highest BCUT2D eigenvalue weighted by atomic mass is 19.1. The van der Waals surface area contributed by atoms with Crippen LogP contribution in [0.2, 0.25) is 0 Å². The van der Waals surface area contributed by atoms with Gasteiger partial charge < -0.3 is 5.32 Å². The van der Waals surface area contributed by atoms with E-state index in [1.807, 2.05) is 30.3 Å². The number of aromatic nitrogens is 2. The highest BCUT2D eigenvalue weighted by Crippen LogP contribution is 2.11. The van der Waals surface area contributed by atoms with Gasteiger partial charge in [-0.3, -0.25) is 9.48 Å². The van der Waals surface area contributed by atoms with E-state index in [9.17, 15) is 9.18 Å². The average Bonchev–Trinajstić information content (AvgIpc) is 3.03. The number of benzene rings is 2. The third kappa shape index (κ3) is 4.29. The van der Waals surface area contributed by atoms with E-state index < -0.39 is 0 Å². The fourth-order valence-corrected chi connectivity index (χ4v) is 2.44. The second-order valence-electron chi connectivity index (χ2n) is 5.55. The lowest BCUT2D eigenvalue weighted by Crippen LogP contribution is -2.11. The number of anilines is 1. The molecule has 1 heterocycles. The van der Waals surface area contributed by atoms with Gasteiger partial charge in [-0.1, -0.05) is 48.5 Å². The van der Waals surface area contributed by atoms with Gasteiger partial charge in [0, 0.05) is 18.2 Å². The SMILES string of the molecule is O=C(CCc1ccccc1)Nc1cnn(Cc2ccccc2F)c1. The molecule has 0 aliphatic rings. The van der Waals surface area contributed by atoms with Crippen LogP contribution in [0.4, 0.5) is 10.1 Å². The number of aryl methyl sites for hydroxylation is 1. The fraction of sp³-hybridized carbons (Fsp3) is 0.158. The molecule has 0 aliphatic carbocycles. The maximum absolute atomic E-state index is 13.6. The molecule has 5 heteroatoms. The lowest BCUT2D eigenvalue weighted by atomic mass is 10.1. The molecule has 0 radical (unpaired) electrons. The molecule has 0 spiro atoms. The molecule has 0 aliphatic heterocycles. The lowest BCUT2D eigenvalue weighted by Gasteiger charge is -2.04. The molecule has 3 aromatic rings. The van der Waals surface area contributed by atoms with Crippen LogP contribution in [-0.4, -0.2) is 15.7 Å². The highest BCUT2D eigenvalue weighted by molar-refractivity contribution is 5.90. The van der Waals surface area contributed by atoms with Crippen LogP contribution in [0.5, 0.6) is 0 Å². The van der Waals surface area contributed by atoms with Crippen molar-refractivity contribution in [1.29, 1.82) is 0 Å². The van der Waals surface area contributed by atoms with Crippen molar-refractivity contribution in [1.82, 2.24) is 9.78 Å². The summed E-state index contributed by atoms with van der Waals surface area (Å²) in [7, 11) is 0. The van der Waals surface area contributed by atoms with Gasteiger partial charge in [-0.2, -0.15) is 5.10 Å². The number of nitrogens with zero attached hydrogens (tertiary/aromatic N) is 2. The molecule has 0 bridgehead atoms. The first-order valence-corrected chi connectivity index (χ1v) is 7.80. The van der Waals surface area contributed by atoms with Crippen molar-refractivity contribution in [2.24, 2.45) is 0 Å². The monoisotopic (exact) mass is 323 g/mol. The van der Waals surface area contributed by atoms with E-state index in [2.05, 4.69) is 10.4 Å². The second kappa shape index (κ2) is 7.55. The van der Waals surface area contributed by atoms with Gasteiger partial charge in [0.05, 0.1) is 18.4 Å². The Bertz CT molecular complexity index is 814. The summed E-state index contributed by atoms with van der Waals surface area (Å²) in [6.45, 7) is 0.326. The van der Waals surface area contributed by atoms with Gasteiger partial charge in [0.15, 0.2) is 0 Å². The van der Waals surface area contributed by atoms with Gasteiger partial charge >= 0.3 is 0 Å². The maximum Gasteiger partial charge on any atom is 0.224 e. The molecule has 24 heavy (non-hydrogen) atoms. The molecule has 0 saturated carbocycles. The molecule has 0 atom stereocenters. The molecule has 2 aromatic carbocycles. The van der Waals surface area contributed by atoms with Crippen LogP contribution in [-0.2, 0) is 17.8 Å². The van der Waals surface area contributed by atoms with Gasteiger partial charge in [0.1, 0.15) is 5.82 Å². The van der Waals surface area contributed by atoms with Gasteiger partial charge in [-0.25, -0.2) is 4.39 Å². The number of halogens is 1. The van der Waals surface area contributed by atoms with E-state index in [0.717, 1.165) is 5.56 Å². The molecule has 4 nitrogen and oxygen atoms in total. The van der Waals surface area contributed by atoms with Crippen molar-refractivity contribution < 1.29 is 9.18 Å². The normalized spacial score (nSPS) is 10.5. The van der Waals surface area contributed by atoms with Gasteiger partial charge in [0.2, 0.25) is 5.91 Å². The number of nitrogens with one attached hydrogen (secondary N) is 1. The Morgan fingerprint density at radius 3 is 2.62 bits per heavy atom. The molecule has 1 N–H and O–H groups in total. The van der Waals surface area contributed by atoms with Crippen molar-refractivity contribution in [3.63, 3.8) is 0 Å². The zero-order valence-electron chi connectivity index (χ0n) is 13.2. The molecule has 1 amide bonds. The quantitative estimate of drug-likeness (QED) is 0.753. The molecule has 3 rings (SSSR count). The maximum atomic E-state index is 13.6. The topological polar surface area (TPSA) is 46.9 Å². The first kappa shape index (κ1) is 15.9. The fourth-order valence-electron chi connectivity index (χ4n) is 2.44. The van der Waals surface area contributed by atoms with Gasteiger partial charge in [0.25, 0.3) is 0 Å². The van der Waals surface area contributed by atoms with Crippen molar-refractivity contribution >= 4 is 11.6 Å². The van der Waals surface area contributed by atoms with Crippen LogP contribution < -0.4 is 5.32 Å². The predicted octanol–water partition coefficient (Wildman–Crippen LogP) is 3.64. The van der Waals surface area contributed by atoms with E-state index >= 15 is 0 Å². The van der Waals surface area contributed by atoms with E-state index in [1.54, 1.807) is 35.3 Å². The summed E-state index contributed by atoms with van der Waals surface area (Å²) in [5, 5.41) is 6.98. The molecule has 122 valence electrons. The van der Waals surface area contributed by atoms with E-state index in [1.165, 1.54) is 6.07 Å². The molecule has 0 fully saturated rings. The summed E-state index contributed by atoms with van der Waals surface area (Å²) in [4.78, 5) is 12.0. The Balaban J connectivity index is 1.54. The third-order valence-corrected chi connectivity index (χ3v) is 3.69. The minimum absolute atomic E-state index is 0.0655. The number of rotatable bonds is 6. The number of hydrogen-bond donors (Lipinski definition) is 1. The minimum Gasteiger partial charge on any atom is -0.323 e. The number of hydrogen-bond acceptors (Lipinski definition) is 2. The zero-order valence-corrected chi connectivity index (χ0v) is 13.2. The number of carbonyl (C=O) groups is 1. The summed E-state index contributed by atoms with van der Waals surface area (Å²) in [5.41, 5.74) is 2.30. The van der Waals surface area contributed by atoms with Crippen LogP contribution in [0.15, 0.2) is 67.0 Å². The Hall–Kier alpha value is -2.95. The van der Waals surface area contributed by atoms with E-state index in [4.69, 9.17) is 0 Å².